The molecule has 0 amide bonds. The molecule has 0 N–H and O–H groups in total. The van der Waals surface area contributed by atoms with Gasteiger partial charge in [-0.3, -0.25) is 0 Å². The van der Waals surface area contributed by atoms with Gasteiger partial charge >= 0.3 is 0 Å². The van der Waals surface area contributed by atoms with Crippen molar-refractivity contribution in [3.8, 4) is 44.5 Å². The van der Waals surface area contributed by atoms with Crippen LogP contribution in [0.25, 0.3) is 55.3 Å². The second kappa shape index (κ2) is 17.0. The number of hydrogen-bond donors (Lipinski definition) is 0. The molecule has 0 radical (unpaired) electrons. The molecular weight excluding hydrogens is 795 g/mol. The molecule has 2 aliphatic rings. The van der Waals surface area contributed by atoms with Crippen LogP contribution >= 0.6 is 0 Å². The summed E-state index contributed by atoms with van der Waals surface area (Å²) in [7, 11) is 0. The third-order valence-electron chi connectivity index (χ3n) is 14.6. The number of hydrogen-bond acceptors (Lipinski definition) is 1. The van der Waals surface area contributed by atoms with E-state index in [0.717, 1.165) is 17.1 Å². The number of benzene rings is 10. The Hall–Kier alpha value is -7.74. The van der Waals surface area contributed by atoms with E-state index in [9.17, 15) is 0 Å². The van der Waals surface area contributed by atoms with Crippen molar-refractivity contribution >= 4 is 27.8 Å². The first-order valence-electron chi connectivity index (χ1n) is 23.8. The Morgan fingerprint density at radius 1 is 0.348 bits per heavy atom. The van der Waals surface area contributed by atoms with Gasteiger partial charge in [0.15, 0.2) is 0 Å². The summed E-state index contributed by atoms with van der Waals surface area (Å²) < 4.78 is 0. The number of anilines is 3. The molecular formula is C65H51N. The normalized spacial score (nSPS) is 14.1. The van der Waals surface area contributed by atoms with Gasteiger partial charge in [0.2, 0.25) is 0 Å². The SMILES string of the molecule is c1ccc(-c2ccc(N(c3ccc(-c4ccc5c(c4)C(c4ccccc4)(c4ccccc4)c4ccccc4-5)cc3)c3ccccc3-c3cccc4cccc(C5CCCCC5)c34)cc2)cc1. The van der Waals surface area contributed by atoms with Gasteiger partial charge in [0.1, 0.15) is 0 Å². The second-order valence-corrected chi connectivity index (χ2v) is 18.2. The highest BCUT2D eigenvalue weighted by Crippen LogP contribution is 2.57. The van der Waals surface area contributed by atoms with Crippen LogP contribution < -0.4 is 4.90 Å². The first-order valence-corrected chi connectivity index (χ1v) is 23.8. The summed E-state index contributed by atoms with van der Waals surface area (Å²) in [6, 6.07) is 90.3. The minimum Gasteiger partial charge on any atom is -0.310 e. The predicted molar refractivity (Wildman–Crippen MR) is 278 cm³/mol. The highest BCUT2D eigenvalue weighted by Gasteiger charge is 2.46. The summed E-state index contributed by atoms with van der Waals surface area (Å²) >= 11 is 0. The van der Waals surface area contributed by atoms with Crippen molar-refractivity contribution in [1.82, 2.24) is 0 Å². The van der Waals surface area contributed by atoms with Gasteiger partial charge in [-0.05, 0) is 133 Å². The maximum Gasteiger partial charge on any atom is 0.0713 e. The van der Waals surface area contributed by atoms with Crippen LogP contribution in [0.4, 0.5) is 17.1 Å². The summed E-state index contributed by atoms with van der Waals surface area (Å²) in [5.74, 6) is 0.587. The molecule has 0 saturated heterocycles. The third kappa shape index (κ3) is 6.77. The molecule has 316 valence electrons. The van der Waals surface area contributed by atoms with Crippen molar-refractivity contribution in [2.24, 2.45) is 0 Å². The molecule has 0 heterocycles. The number of para-hydroxylation sites is 1. The van der Waals surface area contributed by atoms with Crippen LogP contribution in [0.2, 0.25) is 0 Å². The average molecular weight is 846 g/mol. The highest BCUT2D eigenvalue weighted by atomic mass is 15.1. The molecule has 0 spiro atoms. The molecule has 66 heavy (non-hydrogen) atoms. The lowest BCUT2D eigenvalue weighted by atomic mass is 9.67. The molecule has 1 nitrogen and oxygen atoms in total. The van der Waals surface area contributed by atoms with E-state index in [1.54, 1.807) is 0 Å². The van der Waals surface area contributed by atoms with Gasteiger partial charge in [-0.1, -0.05) is 226 Å². The Balaban J connectivity index is 1.00. The van der Waals surface area contributed by atoms with Gasteiger partial charge < -0.3 is 4.90 Å². The molecule has 0 aromatic heterocycles. The van der Waals surface area contributed by atoms with E-state index in [-0.39, 0.29) is 0 Å². The minimum atomic E-state index is -0.449. The zero-order valence-electron chi connectivity index (χ0n) is 37.2. The predicted octanol–water partition coefficient (Wildman–Crippen LogP) is 17.7. The average Bonchev–Trinajstić information content (AvgIpc) is 3.70. The highest BCUT2D eigenvalue weighted by molar-refractivity contribution is 6.03. The van der Waals surface area contributed by atoms with Crippen LogP contribution in [0.15, 0.2) is 243 Å². The van der Waals surface area contributed by atoms with E-state index in [0.29, 0.717) is 5.92 Å². The van der Waals surface area contributed by atoms with Crippen LogP contribution in [0, 0.1) is 0 Å². The Kier molecular flexibility index (Phi) is 10.3. The van der Waals surface area contributed by atoms with E-state index in [4.69, 9.17) is 0 Å². The molecule has 2 aliphatic carbocycles. The third-order valence-corrected chi connectivity index (χ3v) is 14.6. The molecule has 1 heteroatoms. The van der Waals surface area contributed by atoms with Crippen molar-refractivity contribution in [3.63, 3.8) is 0 Å². The Labute approximate surface area is 389 Å². The van der Waals surface area contributed by atoms with E-state index in [1.165, 1.54) is 115 Å². The van der Waals surface area contributed by atoms with Crippen LogP contribution in [0.3, 0.4) is 0 Å². The molecule has 10 aromatic rings. The molecule has 10 aromatic carbocycles. The molecule has 0 unspecified atom stereocenters. The minimum absolute atomic E-state index is 0.449. The fourth-order valence-electron chi connectivity index (χ4n) is 11.5. The lowest BCUT2D eigenvalue weighted by Gasteiger charge is -2.34. The van der Waals surface area contributed by atoms with Gasteiger partial charge in [0.05, 0.1) is 11.1 Å². The maximum atomic E-state index is 2.46. The van der Waals surface area contributed by atoms with Crippen molar-refractivity contribution in [3.05, 3.63) is 270 Å². The summed E-state index contributed by atoms with van der Waals surface area (Å²) in [6.45, 7) is 0. The van der Waals surface area contributed by atoms with Crippen LogP contribution in [-0.4, -0.2) is 0 Å². The fourth-order valence-corrected chi connectivity index (χ4v) is 11.5. The van der Waals surface area contributed by atoms with Crippen molar-refractivity contribution in [1.29, 1.82) is 0 Å². The zero-order valence-corrected chi connectivity index (χ0v) is 37.2. The fraction of sp³-hybridized carbons (Fsp3) is 0.108. The van der Waals surface area contributed by atoms with Crippen molar-refractivity contribution in [2.45, 2.75) is 43.4 Å². The van der Waals surface area contributed by atoms with E-state index >= 15 is 0 Å². The van der Waals surface area contributed by atoms with Crippen LogP contribution in [0.5, 0.6) is 0 Å². The van der Waals surface area contributed by atoms with Crippen LogP contribution in [-0.2, 0) is 5.41 Å². The van der Waals surface area contributed by atoms with Gasteiger partial charge in [0.25, 0.3) is 0 Å². The largest absolute Gasteiger partial charge is 0.310 e. The number of fused-ring (bicyclic) bond motifs is 4. The molecule has 0 aliphatic heterocycles. The summed E-state index contributed by atoms with van der Waals surface area (Å²) in [5.41, 5.74) is 19.6. The number of nitrogens with zero attached hydrogens (tertiary/aromatic N) is 1. The van der Waals surface area contributed by atoms with E-state index in [2.05, 4.69) is 248 Å². The summed E-state index contributed by atoms with van der Waals surface area (Å²) in [6.07, 6.45) is 6.48. The monoisotopic (exact) mass is 845 g/mol. The molecule has 0 atom stereocenters. The van der Waals surface area contributed by atoms with Gasteiger partial charge in [-0.2, -0.15) is 0 Å². The molecule has 0 bridgehead atoms. The standard InChI is InChI=1S/C65H51N/c1-5-19-46(20-6-1)47-35-40-54(41-36-47)66(63-34-16-14-30-59(63)60-32-18-24-50-23-17-31-56(64(50)60)49-21-7-2-8-22-49)55-42-37-48(38-43-55)51-39-44-58-57-29-13-15-33-61(57)65(62(58)45-51,52-25-9-3-10-26-52)53-27-11-4-12-28-53/h1,3-6,9-20,23-45,49H,2,7-8,21-22H2. The smallest absolute Gasteiger partial charge is 0.0713 e. The number of rotatable bonds is 9. The Morgan fingerprint density at radius 3 is 1.52 bits per heavy atom. The Morgan fingerprint density at radius 2 is 0.848 bits per heavy atom. The first-order chi connectivity index (χ1) is 32.8. The summed E-state index contributed by atoms with van der Waals surface area (Å²) in [4.78, 5) is 2.46. The quantitative estimate of drug-likeness (QED) is 0.140. The van der Waals surface area contributed by atoms with Crippen LogP contribution in [0.1, 0.15) is 65.8 Å². The molecule has 12 rings (SSSR count). The molecule has 1 saturated carbocycles. The Bertz CT molecular complexity index is 3260. The summed E-state index contributed by atoms with van der Waals surface area (Å²) in [5, 5.41) is 2.71. The van der Waals surface area contributed by atoms with Gasteiger partial charge in [0, 0.05) is 16.9 Å². The lowest BCUT2D eigenvalue weighted by molar-refractivity contribution is 0.445. The molecule has 1 fully saturated rings. The van der Waals surface area contributed by atoms with Crippen molar-refractivity contribution in [2.75, 3.05) is 4.90 Å². The topological polar surface area (TPSA) is 3.24 Å². The van der Waals surface area contributed by atoms with E-state index < -0.39 is 5.41 Å². The first kappa shape index (κ1) is 39.8. The zero-order chi connectivity index (χ0) is 43.9. The maximum absolute atomic E-state index is 2.46. The second-order valence-electron chi connectivity index (χ2n) is 18.2. The van der Waals surface area contributed by atoms with Gasteiger partial charge in [-0.15, -0.1) is 0 Å². The van der Waals surface area contributed by atoms with E-state index in [1.807, 2.05) is 0 Å². The van der Waals surface area contributed by atoms with Crippen molar-refractivity contribution < 1.29 is 0 Å². The lowest BCUT2D eigenvalue weighted by Crippen LogP contribution is -2.28. The van der Waals surface area contributed by atoms with Gasteiger partial charge in [-0.25, -0.2) is 0 Å².